The zero-order valence-electron chi connectivity index (χ0n) is 13.3. The molecule has 0 aliphatic carbocycles. The number of benzene rings is 1. The molecule has 1 heterocycles. The smallest absolute Gasteiger partial charge is 0.341 e. The van der Waals surface area contributed by atoms with Crippen LogP contribution in [-0.2, 0) is 9.47 Å². The van der Waals surface area contributed by atoms with Gasteiger partial charge in [-0.15, -0.1) is 0 Å². The van der Waals surface area contributed by atoms with Crippen LogP contribution in [0.1, 0.15) is 27.0 Å². The van der Waals surface area contributed by atoms with Crippen LogP contribution in [0.5, 0.6) is 0 Å². The molecule has 0 amide bonds. The van der Waals surface area contributed by atoms with Crippen molar-refractivity contribution in [2.75, 3.05) is 6.61 Å². The molecule has 1 fully saturated rings. The van der Waals surface area contributed by atoms with E-state index in [2.05, 4.69) is 0 Å². The summed E-state index contributed by atoms with van der Waals surface area (Å²) in [5.74, 6) is -0.704. The summed E-state index contributed by atoms with van der Waals surface area (Å²) in [6, 6.07) is 3.66. The molecule has 0 saturated carbocycles. The van der Waals surface area contributed by atoms with Crippen LogP contribution in [0.2, 0.25) is 0 Å². The van der Waals surface area contributed by atoms with E-state index in [1.165, 1.54) is 0 Å². The number of aliphatic hydroxyl groups is 4. The average Bonchev–Trinajstić information content (AvgIpc) is 2.46. The lowest BCUT2D eigenvalue weighted by Crippen LogP contribution is -2.59. The molecular weight excluding hydrogens is 304 g/mol. The van der Waals surface area contributed by atoms with Crippen molar-refractivity contribution in [1.29, 1.82) is 0 Å². The van der Waals surface area contributed by atoms with Gasteiger partial charge < -0.3 is 29.9 Å². The molecule has 7 nitrogen and oxygen atoms in total. The highest BCUT2D eigenvalue weighted by Crippen LogP contribution is 2.24. The summed E-state index contributed by atoms with van der Waals surface area (Å²) < 4.78 is 10.3. The molecule has 0 bridgehead atoms. The lowest BCUT2D eigenvalue weighted by atomic mass is 9.98. The van der Waals surface area contributed by atoms with Gasteiger partial charge in [-0.2, -0.15) is 0 Å². The Morgan fingerprint density at radius 2 is 1.65 bits per heavy atom. The van der Waals surface area contributed by atoms with Crippen LogP contribution < -0.4 is 0 Å². The fraction of sp³-hybridized carbons (Fsp3) is 0.562. The van der Waals surface area contributed by atoms with Crippen molar-refractivity contribution in [2.45, 2.75) is 51.5 Å². The number of rotatable bonds is 3. The van der Waals surface area contributed by atoms with Gasteiger partial charge in [0.2, 0.25) is 6.29 Å². The minimum absolute atomic E-state index is 0.354. The Bertz CT molecular complexity index is 561. The van der Waals surface area contributed by atoms with Gasteiger partial charge in [-0.3, -0.25) is 0 Å². The number of ether oxygens (including phenoxy) is 2. The van der Waals surface area contributed by atoms with Crippen molar-refractivity contribution >= 4 is 5.97 Å². The maximum Gasteiger partial charge on any atom is 0.341 e. The Morgan fingerprint density at radius 3 is 2.17 bits per heavy atom. The third-order valence-electron chi connectivity index (χ3n) is 3.95. The molecule has 2 rings (SSSR count). The Kier molecular flexibility index (Phi) is 5.38. The molecule has 1 saturated heterocycles. The summed E-state index contributed by atoms with van der Waals surface area (Å²) in [4.78, 5) is 12.4. The number of aryl methyl sites for hydroxylation is 3. The van der Waals surface area contributed by atoms with Crippen molar-refractivity contribution < 1.29 is 34.7 Å². The van der Waals surface area contributed by atoms with Crippen molar-refractivity contribution in [1.82, 2.24) is 0 Å². The zero-order valence-corrected chi connectivity index (χ0v) is 13.3. The van der Waals surface area contributed by atoms with Crippen LogP contribution in [0.3, 0.4) is 0 Å². The van der Waals surface area contributed by atoms with Gasteiger partial charge in [-0.1, -0.05) is 17.7 Å². The van der Waals surface area contributed by atoms with Crippen molar-refractivity contribution in [3.63, 3.8) is 0 Å². The number of carbonyl (C=O) groups is 1. The minimum atomic E-state index is -1.61. The molecular formula is C16H22O7. The summed E-state index contributed by atoms with van der Waals surface area (Å²) in [6.45, 7) is 4.86. The van der Waals surface area contributed by atoms with Crippen molar-refractivity contribution in [2.24, 2.45) is 0 Å². The second-order valence-corrected chi connectivity index (χ2v) is 5.88. The van der Waals surface area contributed by atoms with Crippen molar-refractivity contribution in [3.8, 4) is 0 Å². The van der Waals surface area contributed by atoms with E-state index in [-0.39, 0.29) is 0 Å². The van der Waals surface area contributed by atoms with Crippen LogP contribution in [-0.4, -0.2) is 63.7 Å². The molecule has 23 heavy (non-hydrogen) atoms. The van der Waals surface area contributed by atoms with Crippen molar-refractivity contribution in [3.05, 3.63) is 34.4 Å². The third kappa shape index (κ3) is 3.54. The molecule has 4 N–H and O–H groups in total. The highest BCUT2D eigenvalue weighted by atomic mass is 16.7. The summed E-state index contributed by atoms with van der Waals surface area (Å²) in [7, 11) is 0. The fourth-order valence-electron chi connectivity index (χ4n) is 2.83. The second kappa shape index (κ2) is 6.94. The van der Waals surface area contributed by atoms with E-state index >= 15 is 0 Å². The van der Waals surface area contributed by atoms with Gasteiger partial charge in [0.1, 0.15) is 24.4 Å². The molecule has 7 heteroatoms. The van der Waals surface area contributed by atoms with Crippen LogP contribution >= 0.6 is 0 Å². The summed E-state index contributed by atoms with van der Waals surface area (Å²) in [5.41, 5.74) is 2.80. The monoisotopic (exact) mass is 326 g/mol. The van der Waals surface area contributed by atoms with Crippen LogP contribution in [0.4, 0.5) is 0 Å². The second-order valence-electron chi connectivity index (χ2n) is 5.88. The normalized spacial score (nSPS) is 31.0. The highest BCUT2D eigenvalue weighted by molar-refractivity contribution is 5.92. The van der Waals surface area contributed by atoms with Crippen LogP contribution in [0, 0.1) is 20.8 Å². The average molecular weight is 326 g/mol. The first-order valence-electron chi connectivity index (χ1n) is 7.35. The number of aliphatic hydroxyl groups excluding tert-OH is 4. The molecule has 0 radical (unpaired) electrons. The van der Waals surface area contributed by atoms with Gasteiger partial charge in [0.05, 0.1) is 12.2 Å². The maximum absolute atomic E-state index is 12.4. The van der Waals surface area contributed by atoms with E-state index in [0.717, 1.165) is 16.7 Å². The highest BCUT2D eigenvalue weighted by Gasteiger charge is 2.45. The summed E-state index contributed by atoms with van der Waals surface area (Å²) in [6.07, 6.45) is -7.28. The molecule has 5 atom stereocenters. The van der Waals surface area contributed by atoms with Gasteiger partial charge in [0.15, 0.2) is 0 Å². The van der Waals surface area contributed by atoms with E-state index in [1.54, 1.807) is 13.8 Å². The molecule has 0 aromatic heterocycles. The van der Waals surface area contributed by atoms with Gasteiger partial charge in [-0.25, -0.2) is 4.79 Å². The standard InChI is InChI=1S/C16H22O7/c1-7-4-8(2)11(9(3)5-7)15(21)23-16-14(20)13(19)12(18)10(6-17)22-16/h4-5,10,12-14,16-20H,6H2,1-3H3/t10-,12+,13-,14-,16+/m0/s1. The maximum atomic E-state index is 12.4. The predicted octanol–water partition coefficient (Wildman–Crippen LogP) is -0.431. The van der Waals surface area contributed by atoms with E-state index in [9.17, 15) is 20.1 Å². The number of hydrogen-bond donors (Lipinski definition) is 4. The Morgan fingerprint density at radius 1 is 1.09 bits per heavy atom. The summed E-state index contributed by atoms with van der Waals surface area (Å²) >= 11 is 0. The summed E-state index contributed by atoms with van der Waals surface area (Å²) in [5, 5.41) is 38.5. The minimum Gasteiger partial charge on any atom is -0.429 e. The first kappa shape index (κ1) is 17.8. The number of esters is 1. The SMILES string of the molecule is Cc1cc(C)c(C(=O)O[C@H]2O[C@@H](CO)[C@@H](O)[C@H](O)[C@@H]2O)c(C)c1. The van der Waals surface area contributed by atoms with Gasteiger partial charge >= 0.3 is 5.97 Å². The Hall–Kier alpha value is -1.51. The fourth-order valence-corrected chi connectivity index (χ4v) is 2.83. The number of hydrogen-bond acceptors (Lipinski definition) is 7. The van der Waals surface area contributed by atoms with E-state index in [1.807, 2.05) is 19.1 Å². The first-order chi connectivity index (χ1) is 10.8. The van der Waals surface area contributed by atoms with Gasteiger partial charge in [-0.05, 0) is 31.9 Å². The van der Waals surface area contributed by atoms with Crippen LogP contribution in [0.25, 0.3) is 0 Å². The third-order valence-corrected chi connectivity index (χ3v) is 3.95. The molecule has 1 aromatic rings. The van der Waals surface area contributed by atoms with E-state index in [4.69, 9.17) is 14.6 Å². The van der Waals surface area contributed by atoms with E-state index < -0.39 is 43.3 Å². The molecule has 1 aliphatic heterocycles. The van der Waals surface area contributed by atoms with E-state index in [0.29, 0.717) is 5.56 Å². The van der Waals surface area contributed by atoms with Gasteiger partial charge in [0, 0.05) is 0 Å². The quantitative estimate of drug-likeness (QED) is 0.557. The lowest BCUT2D eigenvalue weighted by Gasteiger charge is -2.39. The lowest BCUT2D eigenvalue weighted by molar-refractivity contribution is -0.285. The Balaban J connectivity index is 2.20. The first-order valence-corrected chi connectivity index (χ1v) is 7.35. The van der Waals surface area contributed by atoms with Crippen LogP contribution in [0.15, 0.2) is 12.1 Å². The zero-order chi connectivity index (χ0) is 17.3. The topological polar surface area (TPSA) is 116 Å². The number of carbonyl (C=O) groups excluding carboxylic acids is 1. The van der Waals surface area contributed by atoms with Gasteiger partial charge in [0.25, 0.3) is 0 Å². The molecule has 1 aliphatic rings. The predicted molar refractivity (Wildman–Crippen MR) is 79.8 cm³/mol. The molecule has 0 spiro atoms. The Labute approximate surface area is 134 Å². The molecule has 1 aromatic carbocycles. The molecule has 128 valence electrons. The largest absolute Gasteiger partial charge is 0.429 e. The molecule has 0 unspecified atom stereocenters.